The molecule has 0 saturated heterocycles. The quantitative estimate of drug-likeness (QED) is 0.687. The van der Waals surface area contributed by atoms with Crippen molar-refractivity contribution in [3.8, 4) is 0 Å². The molecule has 3 aromatic rings. The van der Waals surface area contributed by atoms with E-state index in [2.05, 4.69) is 14.8 Å². The van der Waals surface area contributed by atoms with Crippen LogP contribution in [0.3, 0.4) is 0 Å². The molecule has 1 aromatic carbocycles. The topological polar surface area (TPSA) is 111 Å². The highest BCUT2D eigenvalue weighted by Gasteiger charge is 2.23. The van der Waals surface area contributed by atoms with Crippen molar-refractivity contribution in [2.75, 3.05) is 11.0 Å². The Bertz CT molecular complexity index is 1190. The summed E-state index contributed by atoms with van der Waals surface area (Å²) in [6, 6.07) is 4.53. The molecule has 1 N–H and O–H groups in total. The monoisotopic (exact) mass is 414 g/mol. The molecule has 0 spiro atoms. The van der Waals surface area contributed by atoms with Crippen LogP contribution < -0.4 is 4.72 Å². The Hall–Kier alpha value is -1.98. The fraction of sp³-hybridized carbons (Fsp3) is 0.333. The molecule has 11 heteroatoms. The first-order valence-corrected chi connectivity index (χ1v) is 11.9. The lowest BCUT2D eigenvalue weighted by molar-refractivity contribution is 0.528. The number of thiazole rings is 1. The fourth-order valence-electron chi connectivity index (χ4n) is 2.34. The summed E-state index contributed by atoms with van der Waals surface area (Å²) in [6.45, 7) is 5.44. The zero-order chi connectivity index (χ0) is 19.3. The maximum atomic E-state index is 12.7. The van der Waals surface area contributed by atoms with Crippen molar-refractivity contribution in [3.05, 3.63) is 30.1 Å². The van der Waals surface area contributed by atoms with Crippen molar-refractivity contribution in [1.82, 2.24) is 14.8 Å². The lowest BCUT2D eigenvalue weighted by atomic mass is 10.3. The number of sulfonamides is 1. The number of anilines is 1. The third-order valence-corrected chi connectivity index (χ3v) is 7.31. The van der Waals surface area contributed by atoms with Crippen LogP contribution in [0.2, 0.25) is 0 Å². The Kier molecular flexibility index (Phi) is 4.57. The van der Waals surface area contributed by atoms with Gasteiger partial charge in [-0.1, -0.05) is 11.3 Å². The molecule has 0 aliphatic carbocycles. The second-order valence-electron chi connectivity index (χ2n) is 6.18. The van der Waals surface area contributed by atoms with E-state index in [9.17, 15) is 16.8 Å². The van der Waals surface area contributed by atoms with E-state index in [0.29, 0.717) is 15.9 Å². The molecule has 8 nitrogen and oxygen atoms in total. The van der Waals surface area contributed by atoms with Gasteiger partial charge in [0, 0.05) is 18.5 Å². The normalized spacial score (nSPS) is 12.8. The number of benzene rings is 1. The minimum absolute atomic E-state index is 0.0366. The van der Waals surface area contributed by atoms with E-state index in [0.717, 1.165) is 17.6 Å². The number of hydrogen-bond donors (Lipinski definition) is 1. The molecule has 0 aliphatic heterocycles. The molecule has 0 unspecified atom stereocenters. The van der Waals surface area contributed by atoms with Gasteiger partial charge in [-0.05, 0) is 39.0 Å². The van der Waals surface area contributed by atoms with Crippen LogP contribution in [0, 0.1) is 6.92 Å². The van der Waals surface area contributed by atoms with Crippen LogP contribution >= 0.6 is 11.3 Å². The Morgan fingerprint density at radius 1 is 1.19 bits per heavy atom. The molecule has 0 radical (unpaired) electrons. The molecule has 0 atom stereocenters. The van der Waals surface area contributed by atoms with Crippen LogP contribution in [0.4, 0.5) is 5.13 Å². The van der Waals surface area contributed by atoms with Gasteiger partial charge in [-0.3, -0.25) is 9.40 Å². The predicted octanol–water partition coefficient (Wildman–Crippen LogP) is 2.59. The summed E-state index contributed by atoms with van der Waals surface area (Å²) in [5.74, 6) is 0. The minimum atomic E-state index is -3.85. The molecular formula is C15H18N4O4S3. The van der Waals surface area contributed by atoms with Gasteiger partial charge in [0.15, 0.2) is 15.0 Å². The lowest BCUT2D eigenvalue weighted by Crippen LogP contribution is -2.13. The van der Waals surface area contributed by atoms with Gasteiger partial charge in [-0.2, -0.15) is 5.10 Å². The van der Waals surface area contributed by atoms with Gasteiger partial charge in [0.05, 0.1) is 20.8 Å². The molecule has 0 fully saturated rings. The van der Waals surface area contributed by atoms with Crippen molar-refractivity contribution in [2.24, 2.45) is 0 Å². The van der Waals surface area contributed by atoms with Gasteiger partial charge in [0.25, 0.3) is 10.0 Å². The first kappa shape index (κ1) is 18.8. The number of hydrogen-bond acceptors (Lipinski definition) is 7. The average Bonchev–Trinajstić information content (AvgIpc) is 3.08. The maximum Gasteiger partial charge on any atom is 0.267 e. The number of nitrogens with zero attached hydrogens (tertiary/aromatic N) is 3. The predicted molar refractivity (Wildman–Crippen MR) is 101 cm³/mol. The van der Waals surface area contributed by atoms with E-state index in [1.165, 1.54) is 18.3 Å². The van der Waals surface area contributed by atoms with Gasteiger partial charge < -0.3 is 0 Å². The van der Waals surface area contributed by atoms with Gasteiger partial charge >= 0.3 is 0 Å². The highest BCUT2D eigenvalue weighted by atomic mass is 32.2. The minimum Gasteiger partial charge on any atom is -0.269 e. The van der Waals surface area contributed by atoms with Gasteiger partial charge in [0.1, 0.15) is 4.90 Å². The highest BCUT2D eigenvalue weighted by molar-refractivity contribution is 7.93. The summed E-state index contributed by atoms with van der Waals surface area (Å²) < 4.78 is 53.3. The zero-order valence-electron chi connectivity index (χ0n) is 14.6. The molecule has 0 bridgehead atoms. The maximum absolute atomic E-state index is 12.7. The van der Waals surface area contributed by atoms with Gasteiger partial charge in [-0.25, -0.2) is 21.8 Å². The Balaban J connectivity index is 1.97. The van der Waals surface area contributed by atoms with Crippen LogP contribution in [-0.4, -0.2) is 37.9 Å². The van der Waals surface area contributed by atoms with E-state index in [1.807, 2.05) is 13.8 Å². The zero-order valence-corrected chi connectivity index (χ0v) is 17.0. The lowest BCUT2D eigenvalue weighted by Gasteiger charge is -2.04. The largest absolute Gasteiger partial charge is 0.269 e. The summed E-state index contributed by atoms with van der Waals surface area (Å²) >= 11 is 1.08. The van der Waals surface area contributed by atoms with Gasteiger partial charge in [0.2, 0.25) is 0 Å². The first-order chi connectivity index (χ1) is 12.0. The Morgan fingerprint density at radius 3 is 2.46 bits per heavy atom. The van der Waals surface area contributed by atoms with E-state index in [-0.39, 0.29) is 21.0 Å². The Labute approximate surface area is 155 Å². The SMILES string of the molecule is Cc1nn(C(C)C)cc1S(=O)(=O)Nc1nc2ccc(S(C)(=O)=O)cc2s1. The number of aromatic nitrogens is 3. The van der Waals surface area contributed by atoms with E-state index < -0.39 is 19.9 Å². The third-order valence-electron chi connectivity index (χ3n) is 3.70. The molecule has 3 rings (SSSR count). The van der Waals surface area contributed by atoms with E-state index in [4.69, 9.17) is 0 Å². The van der Waals surface area contributed by atoms with Crippen LogP contribution in [-0.2, 0) is 19.9 Å². The van der Waals surface area contributed by atoms with Crippen molar-refractivity contribution in [2.45, 2.75) is 36.6 Å². The summed E-state index contributed by atoms with van der Waals surface area (Å²) in [7, 11) is -7.19. The molecule has 0 saturated carbocycles. The average molecular weight is 415 g/mol. The van der Waals surface area contributed by atoms with Crippen molar-refractivity contribution in [1.29, 1.82) is 0 Å². The number of fused-ring (bicyclic) bond motifs is 1. The Morgan fingerprint density at radius 2 is 1.88 bits per heavy atom. The summed E-state index contributed by atoms with van der Waals surface area (Å²) in [5, 5.41) is 4.38. The molecule has 26 heavy (non-hydrogen) atoms. The number of nitrogens with one attached hydrogen (secondary N) is 1. The molecule has 2 aromatic heterocycles. The first-order valence-electron chi connectivity index (χ1n) is 7.66. The summed E-state index contributed by atoms with van der Waals surface area (Å²) in [4.78, 5) is 4.47. The van der Waals surface area contributed by atoms with Crippen molar-refractivity contribution in [3.63, 3.8) is 0 Å². The molecule has 140 valence electrons. The molecule has 0 aliphatic rings. The molecule has 0 amide bonds. The number of rotatable bonds is 5. The number of aryl methyl sites for hydroxylation is 1. The standard InChI is InChI=1S/C15H18N4O4S3/c1-9(2)19-8-14(10(3)17-19)26(22,23)18-15-16-12-6-5-11(25(4,20)21)7-13(12)24-15/h5-9H,1-4H3,(H,16,18). The second-order valence-corrected chi connectivity index (χ2v) is 10.9. The number of sulfone groups is 1. The third kappa shape index (κ3) is 3.60. The van der Waals surface area contributed by atoms with Crippen LogP contribution in [0.1, 0.15) is 25.6 Å². The van der Waals surface area contributed by atoms with Crippen LogP contribution in [0.25, 0.3) is 10.2 Å². The molecule has 2 heterocycles. The van der Waals surface area contributed by atoms with Crippen molar-refractivity contribution >= 4 is 46.5 Å². The van der Waals surface area contributed by atoms with Crippen molar-refractivity contribution < 1.29 is 16.8 Å². The fourth-order valence-corrected chi connectivity index (χ4v) is 5.38. The smallest absolute Gasteiger partial charge is 0.267 e. The summed E-state index contributed by atoms with van der Waals surface area (Å²) in [5.41, 5.74) is 0.918. The van der Waals surface area contributed by atoms with Gasteiger partial charge in [-0.15, -0.1) is 0 Å². The van der Waals surface area contributed by atoms with Crippen LogP contribution in [0.15, 0.2) is 34.2 Å². The molecular weight excluding hydrogens is 396 g/mol. The summed E-state index contributed by atoms with van der Waals surface area (Å²) in [6.07, 6.45) is 2.60. The van der Waals surface area contributed by atoms with Crippen LogP contribution in [0.5, 0.6) is 0 Å². The second kappa shape index (κ2) is 6.32. The highest BCUT2D eigenvalue weighted by Crippen LogP contribution is 2.30. The van der Waals surface area contributed by atoms with E-state index in [1.54, 1.807) is 17.7 Å². The van der Waals surface area contributed by atoms with E-state index >= 15 is 0 Å².